The highest BCUT2D eigenvalue weighted by Crippen LogP contribution is 2.28. The summed E-state index contributed by atoms with van der Waals surface area (Å²) < 4.78 is 23.6. The van der Waals surface area contributed by atoms with Gasteiger partial charge in [0, 0.05) is 18.2 Å². The first-order valence-electron chi connectivity index (χ1n) is 7.94. The molecule has 0 aliphatic heterocycles. The Kier molecular flexibility index (Phi) is 5.17. The summed E-state index contributed by atoms with van der Waals surface area (Å²) >= 11 is 0. The summed E-state index contributed by atoms with van der Waals surface area (Å²) in [6, 6.07) is 13.5. The van der Waals surface area contributed by atoms with Gasteiger partial charge in [-0.2, -0.15) is 4.98 Å². The summed E-state index contributed by atoms with van der Waals surface area (Å²) in [5.74, 6) is 1.73. The standard InChI is InChI=1S/C19H19FN4O2/c1-25-16-8-3-12(9-17(16)26-2)11-22-18-10-15(23-19(21)24-18)13-4-6-14(20)7-5-13/h3-10H,11H2,1-2H3,(H3,21,22,23,24). The van der Waals surface area contributed by atoms with E-state index in [1.54, 1.807) is 32.4 Å². The van der Waals surface area contributed by atoms with Crippen molar-refractivity contribution in [2.24, 2.45) is 0 Å². The molecule has 0 unspecified atom stereocenters. The number of halogens is 1. The fraction of sp³-hybridized carbons (Fsp3) is 0.158. The highest BCUT2D eigenvalue weighted by Gasteiger charge is 2.07. The van der Waals surface area contributed by atoms with Crippen LogP contribution < -0.4 is 20.5 Å². The van der Waals surface area contributed by atoms with E-state index in [0.29, 0.717) is 29.6 Å². The minimum Gasteiger partial charge on any atom is -0.493 e. The van der Waals surface area contributed by atoms with Crippen LogP contribution in [0.2, 0.25) is 0 Å². The van der Waals surface area contributed by atoms with E-state index in [9.17, 15) is 4.39 Å². The Morgan fingerprint density at radius 1 is 0.962 bits per heavy atom. The van der Waals surface area contributed by atoms with Gasteiger partial charge in [0.1, 0.15) is 11.6 Å². The zero-order valence-corrected chi connectivity index (χ0v) is 14.5. The van der Waals surface area contributed by atoms with Crippen LogP contribution in [0.15, 0.2) is 48.5 Å². The van der Waals surface area contributed by atoms with Crippen molar-refractivity contribution in [1.29, 1.82) is 0 Å². The van der Waals surface area contributed by atoms with Crippen molar-refractivity contribution in [1.82, 2.24) is 9.97 Å². The quantitative estimate of drug-likeness (QED) is 0.705. The number of nitrogens with zero attached hydrogens (tertiary/aromatic N) is 2. The highest BCUT2D eigenvalue weighted by atomic mass is 19.1. The van der Waals surface area contributed by atoms with E-state index >= 15 is 0 Å². The van der Waals surface area contributed by atoms with Crippen molar-refractivity contribution in [3.8, 4) is 22.8 Å². The second-order valence-electron chi connectivity index (χ2n) is 5.55. The number of methoxy groups -OCH3 is 2. The number of nitrogens with one attached hydrogen (secondary N) is 1. The van der Waals surface area contributed by atoms with E-state index in [4.69, 9.17) is 15.2 Å². The number of rotatable bonds is 6. The fourth-order valence-corrected chi connectivity index (χ4v) is 2.51. The zero-order valence-electron chi connectivity index (χ0n) is 14.5. The second-order valence-corrected chi connectivity index (χ2v) is 5.55. The molecule has 0 saturated heterocycles. The van der Waals surface area contributed by atoms with Crippen molar-refractivity contribution >= 4 is 11.8 Å². The molecule has 0 bridgehead atoms. The molecule has 0 spiro atoms. The van der Waals surface area contributed by atoms with Crippen LogP contribution in [0, 0.1) is 5.82 Å². The fourth-order valence-electron chi connectivity index (χ4n) is 2.51. The van der Waals surface area contributed by atoms with Crippen molar-refractivity contribution in [2.45, 2.75) is 6.54 Å². The van der Waals surface area contributed by atoms with Gasteiger partial charge in [0.25, 0.3) is 0 Å². The van der Waals surface area contributed by atoms with Gasteiger partial charge in [0.2, 0.25) is 5.95 Å². The molecule has 0 saturated carbocycles. The molecule has 0 atom stereocenters. The summed E-state index contributed by atoms with van der Waals surface area (Å²) in [6.07, 6.45) is 0. The first kappa shape index (κ1) is 17.5. The molecule has 2 aromatic carbocycles. The number of ether oxygens (including phenoxy) is 2. The number of nitrogens with two attached hydrogens (primary N) is 1. The average Bonchev–Trinajstić information content (AvgIpc) is 2.66. The van der Waals surface area contributed by atoms with Crippen molar-refractivity contribution < 1.29 is 13.9 Å². The Balaban J connectivity index is 1.79. The van der Waals surface area contributed by atoms with Gasteiger partial charge in [-0.3, -0.25) is 0 Å². The minimum absolute atomic E-state index is 0.140. The number of benzene rings is 2. The Bertz CT molecular complexity index is 901. The molecule has 7 heteroatoms. The van der Waals surface area contributed by atoms with Crippen molar-refractivity contribution in [3.05, 3.63) is 59.9 Å². The number of hydrogen-bond acceptors (Lipinski definition) is 6. The van der Waals surface area contributed by atoms with Crippen LogP contribution >= 0.6 is 0 Å². The highest BCUT2D eigenvalue weighted by molar-refractivity contribution is 5.64. The lowest BCUT2D eigenvalue weighted by molar-refractivity contribution is 0.354. The lowest BCUT2D eigenvalue weighted by Gasteiger charge is -2.11. The molecule has 134 valence electrons. The van der Waals surface area contributed by atoms with E-state index in [2.05, 4.69) is 15.3 Å². The Labute approximate surface area is 150 Å². The van der Waals surface area contributed by atoms with Crippen LogP contribution in [-0.4, -0.2) is 24.2 Å². The number of aromatic nitrogens is 2. The molecule has 3 rings (SSSR count). The van der Waals surface area contributed by atoms with Gasteiger partial charge in [0.15, 0.2) is 11.5 Å². The maximum atomic E-state index is 13.1. The molecular formula is C19H19FN4O2. The lowest BCUT2D eigenvalue weighted by Crippen LogP contribution is -2.05. The van der Waals surface area contributed by atoms with Crippen LogP contribution in [0.25, 0.3) is 11.3 Å². The average molecular weight is 354 g/mol. The van der Waals surface area contributed by atoms with Crippen LogP contribution in [0.1, 0.15) is 5.56 Å². The minimum atomic E-state index is -0.303. The molecule has 1 aromatic heterocycles. The third-order valence-electron chi connectivity index (χ3n) is 3.81. The Hall–Kier alpha value is -3.35. The van der Waals surface area contributed by atoms with Crippen LogP contribution in [0.5, 0.6) is 11.5 Å². The van der Waals surface area contributed by atoms with Gasteiger partial charge < -0.3 is 20.5 Å². The van der Waals surface area contributed by atoms with Crippen molar-refractivity contribution in [2.75, 3.05) is 25.3 Å². The largest absolute Gasteiger partial charge is 0.493 e. The normalized spacial score (nSPS) is 10.4. The zero-order chi connectivity index (χ0) is 18.5. The molecule has 26 heavy (non-hydrogen) atoms. The lowest BCUT2D eigenvalue weighted by atomic mass is 10.1. The van der Waals surface area contributed by atoms with Gasteiger partial charge in [-0.25, -0.2) is 9.37 Å². The molecule has 0 amide bonds. The van der Waals surface area contributed by atoms with Gasteiger partial charge in [0.05, 0.1) is 19.9 Å². The molecule has 0 aliphatic carbocycles. The molecule has 0 radical (unpaired) electrons. The van der Waals surface area contributed by atoms with E-state index < -0.39 is 0 Å². The molecule has 0 fully saturated rings. The maximum Gasteiger partial charge on any atom is 0.222 e. The van der Waals surface area contributed by atoms with Gasteiger partial charge >= 0.3 is 0 Å². The molecular weight excluding hydrogens is 335 g/mol. The number of hydrogen-bond donors (Lipinski definition) is 2. The predicted octanol–water partition coefficient (Wildman–Crippen LogP) is 3.49. The van der Waals surface area contributed by atoms with Gasteiger partial charge in [-0.15, -0.1) is 0 Å². The summed E-state index contributed by atoms with van der Waals surface area (Å²) in [7, 11) is 3.19. The number of anilines is 2. The maximum absolute atomic E-state index is 13.1. The summed E-state index contributed by atoms with van der Waals surface area (Å²) in [6.45, 7) is 0.514. The van der Waals surface area contributed by atoms with E-state index in [1.807, 2.05) is 18.2 Å². The van der Waals surface area contributed by atoms with E-state index in [-0.39, 0.29) is 11.8 Å². The van der Waals surface area contributed by atoms with Crippen molar-refractivity contribution in [3.63, 3.8) is 0 Å². The van der Waals surface area contributed by atoms with E-state index in [0.717, 1.165) is 11.1 Å². The summed E-state index contributed by atoms with van der Waals surface area (Å²) in [5, 5.41) is 3.21. The first-order valence-corrected chi connectivity index (χ1v) is 7.94. The molecule has 0 aliphatic rings. The first-order chi connectivity index (χ1) is 12.6. The molecule has 6 nitrogen and oxygen atoms in total. The van der Waals surface area contributed by atoms with Crippen LogP contribution in [-0.2, 0) is 6.54 Å². The Morgan fingerprint density at radius 3 is 2.38 bits per heavy atom. The monoisotopic (exact) mass is 354 g/mol. The summed E-state index contributed by atoms with van der Waals surface area (Å²) in [4.78, 5) is 8.40. The van der Waals surface area contributed by atoms with Crippen LogP contribution in [0.3, 0.4) is 0 Å². The van der Waals surface area contributed by atoms with Crippen LogP contribution in [0.4, 0.5) is 16.2 Å². The second kappa shape index (κ2) is 7.69. The smallest absolute Gasteiger partial charge is 0.222 e. The molecule has 3 aromatic rings. The topological polar surface area (TPSA) is 82.3 Å². The SMILES string of the molecule is COc1ccc(CNc2cc(-c3ccc(F)cc3)nc(N)n2)cc1OC. The van der Waals surface area contributed by atoms with Gasteiger partial charge in [-0.1, -0.05) is 6.07 Å². The number of nitrogen functional groups attached to an aromatic ring is 1. The van der Waals surface area contributed by atoms with E-state index in [1.165, 1.54) is 12.1 Å². The molecule has 1 heterocycles. The summed E-state index contributed by atoms with van der Waals surface area (Å²) in [5.41, 5.74) is 8.17. The third kappa shape index (κ3) is 4.00. The Morgan fingerprint density at radius 2 is 1.69 bits per heavy atom. The van der Waals surface area contributed by atoms with Gasteiger partial charge in [-0.05, 0) is 42.0 Å². The predicted molar refractivity (Wildman–Crippen MR) is 98.7 cm³/mol. The molecule has 3 N–H and O–H groups in total. The third-order valence-corrected chi connectivity index (χ3v) is 3.81.